The number of rotatable bonds is 24. The van der Waals surface area contributed by atoms with E-state index in [4.69, 9.17) is 9.47 Å². The van der Waals surface area contributed by atoms with Gasteiger partial charge in [-0.25, -0.2) is 0 Å². The van der Waals surface area contributed by atoms with Crippen LogP contribution in [0.2, 0.25) is 0 Å². The number of nitrogens with zero attached hydrogens (tertiary/aromatic N) is 3. The van der Waals surface area contributed by atoms with Crippen LogP contribution >= 0.6 is 0 Å². The molecule has 0 aliphatic carbocycles. The van der Waals surface area contributed by atoms with Crippen LogP contribution in [0.4, 0.5) is 0 Å². The zero-order valence-electron chi connectivity index (χ0n) is 36.4. The molecule has 55 heavy (non-hydrogen) atoms. The number of hydrogen-bond donors (Lipinski definition) is 1. The monoisotopic (exact) mass is 771 g/mol. The second-order valence-electron chi connectivity index (χ2n) is 16.5. The Balaban J connectivity index is 2.31. The van der Waals surface area contributed by atoms with Crippen molar-refractivity contribution in [3.8, 4) is 0 Å². The maximum absolute atomic E-state index is 14.3. The molecule has 1 aromatic rings. The van der Waals surface area contributed by atoms with Crippen molar-refractivity contribution in [1.29, 1.82) is 0 Å². The highest BCUT2D eigenvalue weighted by molar-refractivity contribution is 5.92. The molecule has 1 aliphatic heterocycles. The Morgan fingerprint density at radius 1 is 0.909 bits per heavy atom. The molecule has 0 radical (unpaired) electrons. The first-order valence-corrected chi connectivity index (χ1v) is 20.6. The summed E-state index contributed by atoms with van der Waals surface area (Å²) in [6.07, 6.45) is 1.78. The lowest BCUT2D eigenvalue weighted by molar-refractivity contribution is -0.149. The van der Waals surface area contributed by atoms with Crippen molar-refractivity contribution in [1.82, 2.24) is 20.0 Å². The molecule has 312 valence electrons. The van der Waals surface area contributed by atoms with Gasteiger partial charge in [0, 0.05) is 71.5 Å². The molecule has 0 bridgehead atoms. The second kappa shape index (κ2) is 22.6. The third-order valence-corrected chi connectivity index (χ3v) is 12.4. The number of Topliss-reactive ketones (excluding diaryl/α,β-unsaturated/α-hetero) is 2. The molecule has 0 unspecified atom stereocenters. The maximum Gasteiger partial charge on any atom is 0.226 e. The fourth-order valence-electron chi connectivity index (χ4n) is 8.17. The van der Waals surface area contributed by atoms with Crippen molar-refractivity contribution in [2.24, 2.45) is 29.6 Å². The number of ketones is 2. The Morgan fingerprint density at radius 3 is 2.04 bits per heavy atom. The Hall–Kier alpha value is -3.15. The summed E-state index contributed by atoms with van der Waals surface area (Å²) < 4.78 is 12.1. The summed E-state index contributed by atoms with van der Waals surface area (Å²) in [5.74, 6) is -2.01. The fourth-order valence-corrected chi connectivity index (χ4v) is 8.17. The first-order chi connectivity index (χ1) is 25.9. The lowest BCUT2D eigenvalue weighted by Gasteiger charge is -2.41. The van der Waals surface area contributed by atoms with Gasteiger partial charge in [-0.05, 0) is 71.4 Å². The molecule has 0 spiro atoms. The zero-order chi connectivity index (χ0) is 41.6. The largest absolute Gasteiger partial charge is 0.379 e. The average molecular weight is 771 g/mol. The summed E-state index contributed by atoms with van der Waals surface area (Å²) in [7, 11) is 6.67. The van der Waals surface area contributed by atoms with E-state index in [9.17, 15) is 24.0 Å². The summed E-state index contributed by atoms with van der Waals surface area (Å²) in [6, 6.07) is 9.05. The van der Waals surface area contributed by atoms with E-state index in [1.807, 2.05) is 83.7 Å². The van der Waals surface area contributed by atoms with E-state index in [0.29, 0.717) is 32.5 Å². The molecule has 8 atom stereocenters. The van der Waals surface area contributed by atoms with Gasteiger partial charge in [-0.2, -0.15) is 0 Å². The molecule has 1 N–H and O–H groups in total. The van der Waals surface area contributed by atoms with E-state index >= 15 is 0 Å². The number of likely N-dealkylation sites (N-methyl/N-ethyl adjacent to an activating group) is 2. The first kappa shape index (κ1) is 48.0. The van der Waals surface area contributed by atoms with Crippen molar-refractivity contribution in [2.45, 2.75) is 137 Å². The number of likely N-dealkylation sites (tertiary alicyclic amines) is 1. The summed E-state index contributed by atoms with van der Waals surface area (Å²) in [4.78, 5) is 74.8. The van der Waals surface area contributed by atoms with Crippen molar-refractivity contribution in [3.63, 3.8) is 0 Å². The van der Waals surface area contributed by atoms with Crippen molar-refractivity contribution in [2.75, 3.05) is 47.9 Å². The molecule has 11 heteroatoms. The highest BCUT2D eigenvalue weighted by Crippen LogP contribution is 2.32. The van der Waals surface area contributed by atoms with Crippen LogP contribution in [0.25, 0.3) is 0 Å². The number of hydrogen-bond acceptors (Lipinski definition) is 8. The van der Waals surface area contributed by atoms with Gasteiger partial charge in [0.2, 0.25) is 17.7 Å². The smallest absolute Gasteiger partial charge is 0.226 e. The van der Waals surface area contributed by atoms with Crippen LogP contribution in [0.15, 0.2) is 30.3 Å². The predicted octanol–water partition coefficient (Wildman–Crippen LogP) is 5.82. The average Bonchev–Trinajstić information content (AvgIpc) is 3.66. The van der Waals surface area contributed by atoms with E-state index in [2.05, 4.69) is 19.2 Å². The lowest BCUT2D eigenvalue weighted by Crippen LogP contribution is -2.54. The molecular formula is C44H74N4O7. The van der Waals surface area contributed by atoms with Crippen LogP contribution < -0.4 is 5.32 Å². The van der Waals surface area contributed by atoms with Crippen LogP contribution in [-0.2, 0) is 39.9 Å². The number of nitrogens with one attached hydrogen (secondary N) is 1. The SMILES string of the molecule is CC[C@H](C)[C@@H]([C@@H](CC(=O)N1CCC[C@H]1[C@H](OC)[C@@H](C)C(=O)C[C@@H](Cc1ccccc1)C(=O)N(CC)CC)OC)N(C)C(=O)[C@@H](CC(=O)C(C)(C)NC)C(C)C. The molecule has 1 aromatic carbocycles. The molecule has 1 fully saturated rings. The highest BCUT2D eigenvalue weighted by Gasteiger charge is 2.43. The van der Waals surface area contributed by atoms with Crippen molar-refractivity contribution < 1.29 is 33.4 Å². The van der Waals surface area contributed by atoms with Crippen LogP contribution in [0.5, 0.6) is 0 Å². The molecule has 0 aromatic heterocycles. The van der Waals surface area contributed by atoms with Gasteiger partial charge >= 0.3 is 0 Å². The van der Waals surface area contributed by atoms with Crippen LogP contribution in [0.1, 0.15) is 106 Å². The number of carbonyl (C=O) groups excluding carboxylic acids is 5. The summed E-state index contributed by atoms with van der Waals surface area (Å²) >= 11 is 0. The van der Waals surface area contributed by atoms with Crippen LogP contribution in [-0.4, -0.2) is 122 Å². The third kappa shape index (κ3) is 12.7. The van der Waals surface area contributed by atoms with E-state index < -0.39 is 41.5 Å². The fraction of sp³-hybridized carbons (Fsp3) is 0.750. The van der Waals surface area contributed by atoms with Crippen molar-refractivity contribution in [3.05, 3.63) is 35.9 Å². The standard InChI is InChI=1S/C44H74N4O7/c1-14-30(6)40(46(11)43(53)34(29(4)5)27-38(50)44(8,9)45-10)37(54-12)28-39(51)48-24-20-23-35(48)41(55-13)31(7)36(49)26-33(42(52)47(15-2)16-3)25-32-21-18-17-19-22-32/h17-19,21-22,29-31,33-35,37,40-41,45H,14-16,20,23-28H2,1-13H3/t30-,31-,33+,34-,35-,37+,40-,41+/m0/s1. The highest BCUT2D eigenvalue weighted by atomic mass is 16.5. The molecule has 1 saturated heterocycles. The van der Waals surface area contributed by atoms with Gasteiger partial charge in [0.1, 0.15) is 5.78 Å². The quantitative estimate of drug-likeness (QED) is 0.140. The topological polar surface area (TPSA) is 126 Å². The number of methoxy groups -OCH3 is 2. The van der Waals surface area contributed by atoms with Crippen LogP contribution in [0.3, 0.4) is 0 Å². The lowest BCUT2D eigenvalue weighted by atomic mass is 9.83. The molecule has 1 aliphatic rings. The Labute approximate surface area is 332 Å². The summed E-state index contributed by atoms with van der Waals surface area (Å²) in [5.41, 5.74) is 0.246. The van der Waals surface area contributed by atoms with Gasteiger partial charge < -0.3 is 29.5 Å². The molecule has 0 saturated carbocycles. The van der Waals surface area contributed by atoms with E-state index in [-0.39, 0.29) is 66.4 Å². The maximum atomic E-state index is 14.3. The van der Waals surface area contributed by atoms with Gasteiger partial charge in [0.05, 0.1) is 36.3 Å². The van der Waals surface area contributed by atoms with Gasteiger partial charge in [-0.3, -0.25) is 24.0 Å². The third-order valence-electron chi connectivity index (χ3n) is 12.4. The molecule has 2 rings (SSSR count). The van der Waals surface area contributed by atoms with Gasteiger partial charge in [-0.15, -0.1) is 0 Å². The van der Waals surface area contributed by atoms with Gasteiger partial charge in [-0.1, -0.05) is 71.4 Å². The normalized spacial score (nSPS) is 18.6. The van der Waals surface area contributed by atoms with Crippen molar-refractivity contribution >= 4 is 29.3 Å². The summed E-state index contributed by atoms with van der Waals surface area (Å²) in [6.45, 7) is 19.1. The van der Waals surface area contributed by atoms with Gasteiger partial charge in [0.15, 0.2) is 5.78 Å². The Morgan fingerprint density at radius 2 is 1.53 bits per heavy atom. The molecular weight excluding hydrogens is 697 g/mol. The number of ether oxygens (including phenoxy) is 2. The number of benzene rings is 1. The Kier molecular flexibility index (Phi) is 19.7. The van der Waals surface area contributed by atoms with E-state index in [1.165, 1.54) is 0 Å². The molecule has 1 heterocycles. The summed E-state index contributed by atoms with van der Waals surface area (Å²) in [5, 5.41) is 3.06. The van der Waals surface area contributed by atoms with Crippen LogP contribution in [0, 0.1) is 29.6 Å². The molecule has 11 nitrogen and oxygen atoms in total. The van der Waals surface area contributed by atoms with E-state index in [1.54, 1.807) is 38.1 Å². The molecule has 3 amide bonds. The van der Waals surface area contributed by atoms with Gasteiger partial charge in [0.25, 0.3) is 0 Å². The minimum absolute atomic E-state index is 0.00517. The minimum Gasteiger partial charge on any atom is -0.379 e. The number of carbonyl (C=O) groups is 5. The number of amides is 3. The first-order valence-electron chi connectivity index (χ1n) is 20.6. The van der Waals surface area contributed by atoms with E-state index in [0.717, 1.165) is 18.4 Å². The predicted molar refractivity (Wildman–Crippen MR) is 218 cm³/mol. The Bertz CT molecular complexity index is 1380. The minimum atomic E-state index is -0.759. The second-order valence-corrected chi connectivity index (χ2v) is 16.5. The zero-order valence-corrected chi connectivity index (χ0v) is 36.4.